The number of alkyl halides is 5. The summed E-state index contributed by atoms with van der Waals surface area (Å²) >= 11 is 0. The van der Waals surface area contributed by atoms with Crippen molar-refractivity contribution in [3.05, 3.63) is 106 Å². The average Bonchev–Trinajstić information content (AvgIpc) is 3.37. The second kappa shape index (κ2) is 12.2. The van der Waals surface area contributed by atoms with Crippen LogP contribution in [0.4, 0.5) is 35.1 Å². The molecule has 0 bridgehead atoms. The van der Waals surface area contributed by atoms with Crippen LogP contribution in [0.1, 0.15) is 63.9 Å². The van der Waals surface area contributed by atoms with Crippen molar-refractivity contribution in [3.63, 3.8) is 0 Å². The molecule has 0 aliphatic heterocycles. The van der Waals surface area contributed by atoms with E-state index >= 15 is 4.39 Å². The SMILES string of the molecule is NC(=O)c1cc(-c2cccnc2C(Cc2cc(F)cc(F)c2)NC(=O)Cn2nc(C(F)F)c3c2C(F)(F)CCC3(N)F)ccc1F. The fourth-order valence-corrected chi connectivity index (χ4v) is 5.49. The summed E-state index contributed by atoms with van der Waals surface area (Å²) in [5.74, 6) is -11.9. The van der Waals surface area contributed by atoms with Gasteiger partial charge in [0.1, 0.15) is 35.4 Å². The number of nitrogens with zero attached hydrogens (tertiary/aromatic N) is 3. The third-order valence-electron chi connectivity index (χ3n) is 7.45. The van der Waals surface area contributed by atoms with Gasteiger partial charge in [0.2, 0.25) is 5.91 Å². The van der Waals surface area contributed by atoms with Crippen LogP contribution >= 0.6 is 0 Å². The van der Waals surface area contributed by atoms with E-state index in [-0.39, 0.29) is 33.5 Å². The fraction of sp³-hybridized carbons (Fsp3) is 0.267. The van der Waals surface area contributed by atoms with Gasteiger partial charge in [-0.05, 0) is 47.9 Å². The highest BCUT2D eigenvalue weighted by atomic mass is 19.3. The van der Waals surface area contributed by atoms with Gasteiger partial charge in [-0.15, -0.1) is 0 Å². The van der Waals surface area contributed by atoms with E-state index < -0.39 is 95.3 Å². The lowest BCUT2D eigenvalue weighted by atomic mass is 9.86. The minimum Gasteiger partial charge on any atom is -0.366 e. The highest BCUT2D eigenvalue weighted by molar-refractivity contribution is 5.94. The van der Waals surface area contributed by atoms with Crippen molar-refractivity contribution < 1.29 is 44.7 Å². The predicted octanol–water partition coefficient (Wildman–Crippen LogP) is 5.47. The number of benzene rings is 2. The van der Waals surface area contributed by atoms with Crippen molar-refractivity contribution >= 4 is 11.8 Å². The molecule has 4 aromatic rings. The van der Waals surface area contributed by atoms with Gasteiger partial charge in [0, 0.05) is 30.7 Å². The Hall–Kier alpha value is -4.86. The van der Waals surface area contributed by atoms with Crippen LogP contribution in [0.2, 0.25) is 0 Å². The van der Waals surface area contributed by atoms with Crippen LogP contribution in [0.3, 0.4) is 0 Å². The van der Waals surface area contributed by atoms with Gasteiger partial charge in [-0.2, -0.15) is 13.9 Å². The van der Waals surface area contributed by atoms with Crippen molar-refractivity contribution in [2.75, 3.05) is 0 Å². The number of hydrogen-bond donors (Lipinski definition) is 3. The van der Waals surface area contributed by atoms with E-state index in [4.69, 9.17) is 11.5 Å². The summed E-state index contributed by atoms with van der Waals surface area (Å²) in [5.41, 5.74) is 6.90. The van der Waals surface area contributed by atoms with Gasteiger partial charge in [0.25, 0.3) is 18.3 Å². The van der Waals surface area contributed by atoms with Crippen LogP contribution in [-0.4, -0.2) is 26.6 Å². The Bertz CT molecular complexity index is 1810. The molecule has 2 aromatic heterocycles. The Kier molecular flexibility index (Phi) is 8.59. The van der Waals surface area contributed by atoms with Crippen molar-refractivity contribution in [2.24, 2.45) is 11.5 Å². The molecule has 0 saturated carbocycles. The molecule has 2 amide bonds. The van der Waals surface area contributed by atoms with E-state index in [0.717, 1.165) is 24.3 Å². The van der Waals surface area contributed by atoms with Crippen LogP contribution in [0.5, 0.6) is 0 Å². The Labute approximate surface area is 255 Å². The van der Waals surface area contributed by atoms with Crippen LogP contribution < -0.4 is 16.8 Å². The third kappa shape index (κ3) is 6.42. The monoisotopic (exact) mass is 652 g/mol. The van der Waals surface area contributed by atoms with Gasteiger partial charge in [0.15, 0.2) is 5.79 Å². The van der Waals surface area contributed by atoms with Crippen LogP contribution in [0.25, 0.3) is 11.1 Å². The molecule has 0 saturated heterocycles. The molecule has 8 nitrogen and oxygen atoms in total. The summed E-state index contributed by atoms with van der Waals surface area (Å²) in [6, 6.07) is 7.57. The summed E-state index contributed by atoms with van der Waals surface area (Å²) < 4.78 is 115. The van der Waals surface area contributed by atoms with E-state index in [1.165, 1.54) is 24.4 Å². The summed E-state index contributed by atoms with van der Waals surface area (Å²) in [6.45, 7) is -1.11. The molecular weight excluding hydrogens is 628 g/mol. The van der Waals surface area contributed by atoms with Gasteiger partial charge in [-0.1, -0.05) is 12.1 Å². The molecule has 1 aliphatic carbocycles. The largest absolute Gasteiger partial charge is 0.366 e. The van der Waals surface area contributed by atoms with Crippen LogP contribution in [-0.2, 0) is 29.5 Å². The van der Waals surface area contributed by atoms with E-state index in [2.05, 4.69) is 15.4 Å². The molecule has 5 rings (SSSR count). The lowest BCUT2D eigenvalue weighted by molar-refractivity contribution is -0.123. The number of rotatable bonds is 9. The Morgan fingerprint density at radius 2 is 1.67 bits per heavy atom. The Morgan fingerprint density at radius 1 is 0.978 bits per heavy atom. The molecular formula is C30H24F8N6O2. The maximum absolute atomic E-state index is 15.1. The zero-order valence-corrected chi connectivity index (χ0v) is 23.5. The highest BCUT2D eigenvalue weighted by Gasteiger charge is 2.53. The number of carbonyl (C=O) groups is 2. The zero-order chi connectivity index (χ0) is 33.6. The first-order valence-electron chi connectivity index (χ1n) is 13.6. The molecule has 2 atom stereocenters. The molecule has 1 aliphatic rings. The molecule has 2 heterocycles. The number of pyridine rings is 1. The second-order valence-electron chi connectivity index (χ2n) is 10.7. The fourth-order valence-electron chi connectivity index (χ4n) is 5.49. The molecule has 16 heteroatoms. The van der Waals surface area contributed by atoms with Crippen LogP contribution in [0, 0.1) is 17.5 Å². The topological polar surface area (TPSA) is 129 Å². The Morgan fingerprint density at radius 3 is 2.33 bits per heavy atom. The summed E-state index contributed by atoms with van der Waals surface area (Å²) in [4.78, 5) is 29.4. The number of fused-ring (bicyclic) bond motifs is 1. The average molecular weight is 653 g/mol. The smallest absolute Gasteiger partial charge is 0.290 e. The van der Waals surface area contributed by atoms with E-state index in [9.17, 15) is 40.3 Å². The molecule has 2 aromatic carbocycles. The standard InChI is InChI=1S/C30H24F8N6O2/c31-16-8-14(9-17(32)12-16)10-21(24-18(2-1-7-41-24)15-3-4-20(33)19(11-15)28(39)46)42-22(45)13-44-26-23(25(43-44)27(34)35)30(38,40)6-5-29(26,36)37/h1-4,7-9,11-12,21,27H,5-6,10,13,40H2,(H2,39,46)(H,42,45). The molecule has 0 radical (unpaired) electrons. The third-order valence-corrected chi connectivity index (χ3v) is 7.45. The van der Waals surface area contributed by atoms with Gasteiger partial charge in [-0.25, -0.2) is 26.3 Å². The van der Waals surface area contributed by atoms with E-state index in [0.29, 0.717) is 6.07 Å². The van der Waals surface area contributed by atoms with Crippen molar-refractivity contribution in [1.82, 2.24) is 20.1 Å². The number of carbonyl (C=O) groups excluding carboxylic acids is 2. The molecule has 242 valence electrons. The van der Waals surface area contributed by atoms with Crippen molar-refractivity contribution in [2.45, 2.75) is 50.0 Å². The van der Waals surface area contributed by atoms with Crippen molar-refractivity contribution in [3.8, 4) is 11.1 Å². The first kappa shape index (κ1) is 32.5. The van der Waals surface area contributed by atoms with Crippen molar-refractivity contribution in [1.29, 1.82) is 0 Å². The predicted molar refractivity (Wildman–Crippen MR) is 146 cm³/mol. The normalized spacial score (nSPS) is 17.9. The molecule has 2 unspecified atom stereocenters. The van der Waals surface area contributed by atoms with Gasteiger partial charge < -0.3 is 11.1 Å². The summed E-state index contributed by atoms with van der Waals surface area (Å²) in [7, 11) is 0. The first-order valence-corrected chi connectivity index (χ1v) is 13.6. The number of halogens is 8. The number of aromatic nitrogens is 3. The quantitative estimate of drug-likeness (QED) is 0.163. The first-order chi connectivity index (χ1) is 21.6. The maximum atomic E-state index is 15.1. The van der Waals surface area contributed by atoms with Gasteiger partial charge in [0.05, 0.1) is 22.9 Å². The minimum atomic E-state index is -3.86. The summed E-state index contributed by atoms with van der Waals surface area (Å²) in [6.07, 6.45) is -4.66. The lowest BCUT2D eigenvalue weighted by Gasteiger charge is -2.32. The number of nitrogens with one attached hydrogen (secondary N) is 1. The maximum Gasteiger partial charge on any atom is 0.290 e. The van der Waals surface area contributed by atoms with Crippen LogP contribution in [0.15, 0.2) is 54.7 Å². The number of amides is 2. The molecule has 46 heavy (non-hydrogen) atoms. The summed E-state index contributed by atoms with van der Waals surface area (Å²) in [5, 5.41) is 5.91. The molecule has 0 fully saturated rings. The minimum absolute atomic E-state index is 0.0182. The Balaban J connectivity index is 1.57. The van der Waals surface area contributed by atoms with Gasteiger partial charge in [-0.3, -0.25) is 25.0 Å². The van der Waals surface area contributed by atoms with E-state index in [1.807, 2.05) is 0 Å². The second-order valence-corrected chi connectivity index (χ2v) is 10.7. The number of primary amides is 1. The van der Waals surface area contributed by atoms with E-state index in [1.54, 1.807) is 0 Å². The molecule has 0 spiro atoms. The highest BCUT2D eigenvalue weighted by Crippen LogP contribution is 2.49. The lowest BCUT2D eigenvalue weighted by Crippen LogP contribution is -2.42. The van der Waals surface area contributed by atoms with Gasteiger partial charge >= 0.3 is 0 Å². The number of hydrogen-bond acceptors (Lipinski definition) is 5. The molecule has 5 N–H and O–H groups in total. The number of nitrogens with two attached hydrogens (primary N) is 2. The zero-order valence-electron chi connectivity index (χ0n) is 23.5.